The summed E-state index contributed by atoms with van der Waals surface area (Å²) in [5, 5.41) is 14.2. The van der Waals surface area contributed by atoms with Crippen molar-refractivity contribution in [3.63, 3.8) is 0 Å². The molecule has 0 spiro atoms. The van der Waals surface area contributed by atoms with Crippen LogP contribution in [-0.2, 0) is 7.05 Å². The second-order valence-electron chi connectivity index (χ2n) is 5.81. The molecule has 5 heteroatoms. The highest BCUT2D eigenvalue weighted by Gasteiger charge is 2.12. The normalized spacial score (nSPS) is 11.3. The first-order valence-corrected chi connectivity index (χ1v) is 7.61. The van der Waals surface area contributed by atoms with E-state index in [-0.39, 0.29) is 0 Å². The van der Waals surface area contributed by atoms with E-state index in [1.54, 1.807) is 0 Å². The van der Waals surface area contributed by atoms with Crippen molar-refractivity contribution in [2.75, 3.05) is 5.32 Å². The summed E-state index contributed by atoms with van der Waals surface area (Å²) >= 11 is 0. The first-order valence-electron chi connectivity index (χ1n) is 7.61. The topological polar surface area (TPSA) is 57.5 Å². The molecule has 2 aromatic heterocycles. The van der Waals surface area contributed by atoms with E-state index >= 15 is 0 Å². The van der Waals surface area contributed by atoms with Gasteiger partial charge in [0.2, 0.25) is 0 Å². The summed E-state index contributed by atoms with van der Waals surface area (Å²) in [5.41, 5.74) is 4.20. The van der Waals surface area contributed by atoms with Gasteiger partial charge in [0.15, 0.2) is 16.9 Å². The van der Waals surface area contributed by atoms with Crippen LogP contribution >= 0.6 is 0 Å². The lowest BCUT2D eigenvalue weighted by Crippen LogP contribution is -2.29. The van der Waals surface area contributed by atoms with Crippen molar-refractivity contribution in [1.29, 1.82) is 0 Å². The molecule has 4 rings (SSSR count). The van der Waals surface area contributed by atoms with Crippen molar-refractivity contribution in [2.24, 2.45) is 7.05 Å². The van der Waals surface area contributed by atoms with Crippen molar-refractivity contribution < 1.29 is 4.57 Å². The zero-order valence-electron chi connectivity index (χ0n) is 13.4. The summed E-state index contributed by atoms with van der Waals surface area (Å²) in [4.78, 5) is 3.39. The third-order valence-corrected chi connectivity index (χ3v) is 4.31. The summed E-state index contributed by atoms with van der Waals surface area (Å²) in [6.07, 6.45) is 0. The first kappa shape index (κ1) is 13.7. The molecule has 4 aromatic rings. The molecule has 5 nitrogen and oxygen atoms in total. The molecule has 0 atom stereocenters. The van der Waals surface area contributed by atoms with Crippen molar-refractivity contribution in [3.8, 4) is 0 Å². The number of H-pyrrole nitrogens is 1. The fraction of sp³-hybridized carbons (Fsp3) is 0.167. The summed E-state index contributed by atoms with van der Waals surface area (Å²) < 4.78 is 2.14. The van der Waals surface area contributed by atoms with Crippen LogP contribution in [0.15, 0.2) is 42.5 Å². The number of aryl methyl sites for hydroxylation is 3. The number of aromatic amines is 1. The Hall–Kier alpha value is -2.95. The standard InChI is InChI=1S/C18H17N5/c1-11-14-6-4-5-7-15(14)18(22-21-11)20-13-8-9-17-16(10-13)19-12(2)23(17)3/h4-10H,1-3H3,(H,20,22)/p+1. The largest absolute Gasteiger partial charge is 0.338 e. The van der Waals surface area contributed by atoms with Crippen LogP contribution in [0.1, 0.15) is 11.5 Å². The number of aromatic nitrogens is 4. The average Bonchev–Trinajstić information content (AvgIpc) is 2.85. The molecule has 2 aromatic carbocycles. The molecular formula is C18H18N5+. The van der Waals surface area contributed by atoms with Gasteiger partial charge in [-0.25, -0.2) is 9.55 Å². The molecule has 0 saturated heterocycles. The Balaban J connectivity index is 1.80. The summed E-state index contributed by atoms with van der Waals surface area (Å²) in [6, 6.07) is 14.4. The van der Waals surface area contributed by atoms with Gasteiger partial charge < -0.3 is 5.32 Å². The molecule has 0 amide bonds. The zero-order valence-corrected chi connectivity index (χ0v) is 13.4. The molecular weight excluding hydrogens is 286 g/mol. The fourth-order valence-electron chi connectivity index (χ4n) is 2.93. The third-order valence-electron chi connectivity index (χ3n) is 4.31. The van der Waals surface area contributed by atoms with Gasteiger partial charge in [0.05, 0.1) is 12.7 Å². The molecule has 114 valence electrons. The summed E-state index contributed by atoms with van der Waals surface area (Å²) in [6.45, 7) is 4.04. The van der Waals surface area contributed by atoms with E-state index < -0.39 is 0 Å². The second-order valence-corrected chi connectivity index (χ2v) is 5.81. The van der Waals surface area contributed by atoms with Gasteiger partial charge in [-0.05, 0) is 19.1 Å². The molecule has 0 aliphatic heterocycles. The number of nitrogens with zero attached hydrogens (tertiary/aromatic N) is 3. The lowest BCUT2D eigenvalue weighted by atomic mass is 10.1. The number of fused-ring (bicyclic) bond motifs is 2. The Morgan fingerprint density at radius 3 is 2.61 bits per heavy atom. The Morgan fingerprint density at radius 1 is 1.00 bits per heavy atom. The van der Waals surface area contributed by atoms with Crippen LogP contribution in [0.25, 0.3) is 21.8 Å². The molecule has 0 fully saturated rings. The highest BCUT2D eigenvalue weighted by Crippen LogP contribution is 2.26. The van der Waals surface area contributed by atoms with Crippen LogP contribution in [0.5, 0.6) is 0 Å². The van der Waals surface area contributed by atoms with E-state index in [2.05, 4.69) is 69.4 Å². The van der Waals surface area contributed by atoms with Crippen LogP contribution in [0.3, 0.4) is 0 Å². The van der Waals surface area contributed by atoms with Gasteiger partial charge in [-0.1, -0.05) is 24.3 Å². The minimum absolute atomic E-state index is 0.776. The maximum Gasteiger partial charge on any atom is 0.251 e. The van der Waals surface area contributed by atoms with Crippen molar-refractivity contribution in [1.82, 2.24) is 15.2 Å². The molecule has 0 aliphatic carbocycles. The first-order chi connectivity index (χ1) is 11.1. The van der Waals surface area contributed by atoms with Crippen LogP contribution in [-0.4, -0.2) is 15.2 Å². The Kier molecular flexibility index (Phi) is 3.01. The average molecular weight is 304 g/mol. The number of benzene rings is 2. The lowest BCUT2D eigenvalue weighted by Gasteiger charge is -2.09. The number of nitrogens with one attached hydrogen (secondary N) is 2. The summed E-state index contributed by atoms with van der Waals surface area (Å²) in [7, 11) is 2.06. The van der Waals surface area contributed by atoms with E-state index in [9.17, 15) is 0 Å². The Bertz CT molecular complexity index is 1030. The highest BCUT2D eigenvalue weighted by molar-refractivity contribution is 5.94. The van der Waals surface area contributed by atoms with E-state index in [0.29, 0.717) is 0 Å². The number of hydrogen-bond donors (Lipinski definition) is 2. The molecule has 2 N–H and O–H groups in total. The van der Waals surface area contributed by atoms with E-state index in [1.165, 1.54) is 5.52 Å². The predicted octanol–water partition coefficient (Wildman–Crippen LogP) is 3.30. The molecule has 0 saturated carbocycles. The van der Waals surface area contributed by atoms with Gasteiger partial charge in [0.25, 0.3) is 5.82 Å². The van der Waals surface area contributed by atoms with Crippen LogP contribution < -0.4 is 9.88 Å². The van der Waals surface area contributed by atoms with Gasteiger partial charge in [-0.3, -0.25) is 0 Å². The van der Waals surface area contributed by atoms with Gasteiger partial charge in [0.1, 0.15) is 0 Å². The number of hydrogen-bond acceptors (Lipinski definition) is 3. The van der Waals surface area contributed by atoms with Crippen LogP contribution in [0.4, 0.5) is 11.5 Å². The second kappa shape index (κ2) is 5.05. The van der Waals surface area contributed by atoms with Crippen molar-refractivity contribution in [2.45, 2.75) is 13.8 Å². The van der Waals surface area contributed by atoms with Crippen LogP contribution in [0, 0.1) is 13.8 Å². The lowest BCUT2D eigenvalue weighted by molar-refractivity contribution is -0.651. The van der Waals surface area contributed by atoms with Crippen molar-refractivity contribution in [3.05, 3.63) is 54.0 Å². The molecule has 0 unspecified atom stereocenters. The number of rotatable bonds is 2. The van der Waals surface area contributed by atoms with E-state index in [1.807, 2.05) is 19.1 Å². The molecule has 0 radical (unpaired) electrons. The van der Waals surface area contributed by atoms with Gasteiger partial charge in [0, 0.05) is 29.4 Å². The third kappa shape index (κ3) is 2.21. The maximum atomic E-state index is 4.33. The molecule has 23 heavy (non-hydrogen) atoms. The monoisotopic (exact) mass is 304 g/mol. The Labute approximate surface area is 134 Å². The zero-order chi connectivity index (χ0) is 16.0. The minimum atomic E-state index is 0.776. The summed E-state index contributed by atoms with van der Waals surface area (Å²) in [5.74, 6) is 1.90. The predicted molar refractivity (Wildman–Crippen MR) is 91.8 cm³/mol. The smallest absolute Gasteiger partial charge is 0.251 e. The Morgan fingerprint density at radius 2 is 1.78 bits per heavy atom. The number of anilines is 2. The number of imidazole rings is 1. The minimum Gasteiger partial charge on any atom is -0.338 e. The molecule has 2 heterocycles. The highest BCUT2D eigenvalue weighted by atomic mass is 15.2. The van der Waals surface area contributed by atoms with E-state index in [4.69, 9.17) is 0 Å². The SMILES string of the molecule is Cc1nnc(Nc2ccc3c(c2)[nH]c(C)[n+]3C)c2ccccc12. The van der Waals surface area contributed by atoms with Crippen LogP contribution in [0.2, 0.25) is 0 Å². The van der Waals surface area contributed by atoms with Gasteiger partial charge >= 0.3 is 0 Å². The quantitative estimate of drug-likeness (QED) is 0.559. The maximum absolute atomic E-state index is 4.33. The van der Waals surface area contributed by atoms with Gasteiger partial charge in [-0.15, -0.1) is 5.10 Å². The molecule has 0 bridgehead atoms. The van der Waals surface area contributed by atoms with Crippen molar-refractivity contribution >= 4 is 33.3 Å². The van der Waals surface area contributed by atoms with E-state index in [0.717, 1.165) is 39.3 Å². The molecule has 0 aliphatic rings. The van der Waals surface area contributed by atoms with Gasteiger partial charge in [-0.2, -0.15) is 5.10 Å². The fourth-order valence-corrected chi connectivity index (χ4v) is 2.93.